The minimum absolute atomic E-state index is 0.654. The van der Waals surface area contributed by atoms with Crippen molar-refractivity contribution in [1.29, 1.82) is 0 Å². The van der Waals surface area contributed by atoms with Gasteiger partial charge in [0.25, 0.3) is 0 Å². The number of rotatable bonds is 2. The van der Waals surface area contributed by atoms with Gasteiger partial charge in [-0.25, -0.2) is 0 Å². The maximum absolute atomic E-state index is 3.01. The number of hydrogen-bond donors (Lipinski definition) is 1. The lowest BCUT2D eigenvalue weighted by Gasteiger charge is -2.02. The Balaban J connectivity index is 0. The Morgan fingerprint density at radius 2 is 1.55 bits per heavy atom. The number of aromatic nitrogens is 1. The first-order valence-corrected chi connectivity index (χ1v) is 8.09. The summed E-state index contributed by atoms with van der Waals surface area (Å²) in [5, 5.41) is 0. The third kappa shape index (κ3) is 9.66. The van der Waals surface area contributed by atoms with Crippen LogP contribution >= 0.6 is 0 Å². The largest absolute Gasteiger partial charge is 0.367 e. The van der Waals surface area contributed by atoms with Crippen LogP contribution in [0.4, 0.5) is 0 Å². The SMILES string of the molecule is CC.CC.CC(C)C1=CC=CC1.CC(C)c1cc[nH]c1. The Morgan fingerprint density at radius 3 is 1.75 bits per heavy atom. The molecule has 0 aromatic carbocycles. The van der Waals surface area contributed by atoms with Crippen molar-refractivity contribution in [3.8, 4) is 0 Å². The van der Waals surface area contributed by atoms with Gasteiger partial charge >= 0.3 is 0 Å². The fraction of sp³-hybridized carbons (Fsp3) is 0.579. The van der Waals surface area contributed by atoms with Crippen molar-refractivity contribution >= 4 is 0 Å². The Morgan fingerprint density at radius 1 is 0.950 bits per heavy atom. The van der Waals surface area contributed by atoms with Crippen molar-refractivity contribution in [3.63, 3.8) is 0 Å². The van der Waals surface area contributed by atoms with Crippen LogP contribution in [0.2, 0.25) is 0 Å². The topological polar surface area (TPSA) is 15.8 Å². The van der Waals surface area contributed by atoms with E-state index in [2.05, 4.69) is 57.0 Å². The van der Waals surface area contributed by atoms with E-state index in [9.17, 15) is 0 Å². The molecular formula is C19H35N. The Bertz CT molecular complexity index is 340. The molecule has 1 aliphatic rings. The highest BCUT2D eigenvalue weighted by Crippen LogP contribution is 2.18. The van der Waals surface area contributed by atoms with E-state index in [1.165, 1.54) is 12.0 Å². The molecule has 1 N–H and O–H groups in total. The van der Waals surface area contributed by atoms with E-state index in [0.29, 0.717) is 5.92 Å². The summed E-state index contributed by atoms with van der Waals surface area (Å²) in [6.07, 6.45) is 11.7. The standard InChI is InChI=1S/C8H12.C7H11N.2C2H6/c1-7(2)8-5-3-4-6-8;1-6(2)7-3-4-8-5-7;2*1-2/h3-5,7H,6H2,1-2H3;3-6,8H,1-2H3;2*1-2H3. The molecule has 0 bridgehead atoms. The third-order valence-corrected chi connectivity index (χ3v) is 2.83. The van der Waals surface area contributed by atoms with Crippen LogP contribution in [0.5, 0.6) is 0 Å². The fourth-order valence-corrected chi connectivity index (χ4v) is 1.59. The molecule has 0 saturated carbocycles. The van der Waals surface area contributed by atoms with E-state index in [1.54, 1.807) is 5.57 Å². The molecule has 1 aromatic rings. The van der Waals surface area contributed by atoms with Crippen LogP contribution < -0.4 is 0 Å². The zero-order valence-electron chi connectivity index (χ0n) is 14.8. The van der Waals surface area contributed by atoms with Gasteiger partial charge in [0.1, 0.15) is 0 Å². The predicted molar refractivity (Wildman–Crippen MR) is 94.3 cm³/mol. The smallest absolute Gasteiger partial charge is 0.00399 e. The number of allylic oxidation sites excluding steroid dienone is 4. The molecule has 1 aromatic heterocycles. The summed E-state index contributed by atoms with van der Waals surface area (Å²) in [6.45, 7) is 16.8. The summed E-state index contributed by atoms with van der Waals surface area (Å²) < 4.78 is 0. The van der Waals surface area contributed by atoms with E-state index in [0.717, 1.165) is 5.92 Å². The van der Waals surface area contributed by atoms with E-state index >= 15 is 0 Å². The molecule has 1 aliphatic carbocycles. The first-order chi connectivity index (χ1) is 9.61. The summed E-state index contributed by atoms with van der Waals surface area (Å²) in [5.41, 5.74) is 2.94. The second-order valence-electron chi connectivity index (χ2n) is 4.83. The van der Waals surface area contributed by atoms with Gasteiger partial charge in [0.2, 0.25) is 0 Å². The number of nitrogens with one attached hydrogen (secondary N) is 1. The highest BCUT2D eigenvalue weighted by molar-refractivity contribution is 5.23. The normalized spacial score (nSPS) is 11.8. The summed E-state index contributed by atoms with van der Waals surface area (Å²) in [6, 6.07) is 2.10. The molecule has 1 nitrogen and oxygen atoms in total. The first kappa shape index (κ1) is 21.1. The minimum atomic E-state index is 0.654. The average molecular weight is 277 g/mol. The van der Waals surface area contributed by atoms with Crippen molar-refractivity contribution in [2.24, 2.45) is 5.92 Å². The van der Waals surface area contributed by atoms with Crippen LogP contribution in [-0.2, 0) is 0 Å². The van der Waals surface area contributed by atoms with Gasteiger partial charge < -0.3 is 4.98 Å². The van der Waals surface area contributed by atoms with E-state index in [4.69, 9.17) is 0 Å². The zero-order valence-corrected chi connectivity index (χ0v) is 14.8. The van der Waals surface area contributed by atoms with Gasteiger partial charge in [0, 0.05) is 12.4 Å². The molecule has 0 fully saturated rings. The van der Waals surface area contributed by atoms with Gasteiger partial charge in [-0.3, -0.25) is 0 Å². The predicted octanol–water partition coefficient (Wildman–Crippen LogP) is 6.72. The molecular weight excluding hydrogens is 242 g/mol. The number of H-pyrrole nitrogens is 1. The van der Waals surface area contributed by atoms with E-state index in [1.807, 2.05) is 40.1 Å². The minimum Gasteiger partial charge on any atom is -0.367 e. The Labute approximate surface area is 127 Å². The fourth-order valence-electron chi connectivity index (χ4n) is 1.59. The van der Waals surface area contributed by atoms with Gasteiger partial charge in [0.05, 0.1) is 0 Å². The molecule has 0 amide bonds. The van der Waals surface area contributed by atoms with Crippen molar-refractivity contribution in [3.05, 3.63) is 47.8 Å². The average Bonchev–Trinajstić information content (AvgIpc) is 3.17. The van der Waals surface area contributed by atoms with Gasteiger partial charge in [-0.05, 0) is 29.9 Å². The molecule has 0 aliphatic heterocycles. The summed E-state index contributed by atoms with van der Waals surface area (Å²) >= 11 is 0. The molecule has 1 heteroatoms. The third-order valence-electron chi connectivity index (χ3n) is 2.83. The summed E-state index contributed by atoms with van der Waals surface area (Å²) in [5.74, 6) is 1.39. The molecule has 20 heavy (non-hydrogen) atoms. The summed E-state index contributed by atoms with van der Waals surface area (Å²) in [4.78, 5) is 3.01. The maximum atomic E-state index is 3.01. The van der Waals surface area contributed by atoms with Crippen molar-refractivity contribution in [1.82, 2.24) is 4.98 Å². The number of hydrogen-bond acceptors (Lipinski definition) is 0. The van der Waals surface area contributed by atoms with Crippen LogP contribution in [0.15, 0.2) is 42.3 Å². The quantitative estimate of drug-likeness (QED) is 0.617. The Kier molecular flexibility index (Phi) is 14.9. The second-order valence-corrected chi connectivity index (χ2v) is 4.83. The van der Waals surface area contributed by atoms with Crippen LogP contribution in [0.3, 0.4) is 0 Å². The summed E-state index contributed by atoms with van der Waals surface area (Å²) in [7, 11) is 0. The lowest BCUT2D eigenvalue weighted by molar-refractivity contribution is 0.753. The van der Waals surface area contributed by atoms with Gasteiger partial charge in [0.15, 0.2) is 0 Å². The van der Waals surface area contributed by atoms with Gasteiger partial charge in [-0.1, -0.05) is 79.2 Å². The molecule has 116 valence electrons. The maximum Gasteiger partial charge on any atom is 0.00399 e. The van der Waals surface area contributed by atoms with Crippen molar-refractivity contribution < 1.29 is 0 Å². The first-order valence-electron chi connectivity index (χ1n) is 8.09. The monoisotopic (exact) mass is 277 g/mol. The van der Waals surface area contributed by atoms with Crippen molar-refractivity contribution in [2.45, 2.75) is 67.7 Å². The van der Waals surface area contributed by atoms with Crippen LogP contribution in [-0.4, -0.2) is 4.98 Å². The Hall–Kier alpha value is -1.24. The molecule has 0 spiro atoms. The second kappa shape index (κ2) is 14.2. The van der Waals surface area contributed by atoms with Crippen LogP contribution in [0, 0.1) is 5.92 Å². The number of aromatic amines is 1. The lowest BCUT2D eigenvalue weighted by atomic mass is 10.0. The van der Waals surface area contributed by atoms with E-state index < -0.39 is 0 Å². The van der Waals surface area contributed by atoms with Gasteiger partial charge in [-0.15, -0.1) is 0 Å². The lowest BCUT2D eigenvalue weighted by Crippen LogP contribution is -1.88. The molecule has 0 unspecified atom stereocenters. The zero-order chi connectivity index (χ0) is 16.0. The van der Waals surface area contributed by atoms with Gasteiger partial charge in [-0.2, -0.15) is 0 Å². The van der Waals surface area contributed by atoms with E-state index in [-0.39, 0.29) is 0 Å². The highest BCUT2D eigenvalue weighted by Gasteiger charge is 2.01. The highest BCUT2D eigenvalue weighted by atomic mass is 14.6. The molecule has 1 heterocycles. The van der Waals surface area contributed by atoms with Crippen LogP contribution in [0.1, 0.15) is 73.3 Å². The molecule has 2 rings (SSSR count). The van der Waals surface area contributed by atoms with Crippen LogP contribution in [0.25, 0.3) is 0 Å². The molecule has 0 radical (unpaired) electrons. The van der Waals surface area contributed by atoms with Crippen molar-refractivity contribution in [2.75, 3.05) is 0 Å². The molecule has 0 atom stereocenters. The molecule has 0 saturated heterocycles.